The van der Waals surface area contributed by atoms with Crippen LogP contribution in [0.2, 0.25) is 0 Å². The summed E-state index contributed by atoms with van der Waals surface area (Å²) in [5.74, 6) is 0. The largest absolute Gasteiger partial charge is 0.0619 e. The normalized spacial score (nSPS) is 13.4. The predicted molar refractivity (Wildman–Crippen MR) is 79.9 cm³/mol. The van der Waals surface area contributed by atoms with Gasteiger partial charge in [-0.25, -0.2) is 0 Å². The second kappa shape index (κ2) is 4.43. The van der Waals surface area contributed by atoms with Gasteiger partial charge in [0.2, 0.25) is 0 Å². The van der Waals surface area contributed by atoms with Gasteiger partial charge in [0.15, 0.2) is 0 Å². The molecule has 0 N–H and O–H groups in total. The van der Waals surface area contributed by atoms with Gasteiger partial charge in [-0.3, -0.25) is 0 Å². The highest BCUT2D eigenvalue weighted by molar-refractivity contribution is 9.11. The average molecular weight is 350 g/mol. The molecule has 0 amide bonds. The summed E-state index contributed by atoms with van der Waals surface area (Å²) < 4.78 is 2.29. The van der Waals surface area contributed by atoms with Crippen LogP contribution in [-0.4, -0.2) is 0 Å². The molecule has 0 atom stereocenters. The molecule has 0 unspecified atom stereocenters. The quantitative estimate of drug-likeness (QED) is 0.654. The van der Waals surface area contributed by atoms with Crippen LogP contribution >= 0.6 is 31.9 Å². The van der Waals surface area contributed by atoms with Gasteiger partial charge < -0.3 is 0 Å². The number of halogens is 2. The molecule has 3 rings (SSSR count). The number of benzene rings is 2. The zero-order valence-electron chi connectivity index (χ0n) is 9.08. The van der Waals surface area contributed by atoms with Crippen molar-refractivity contribution in [1.29, 1.82) is 0 Å². The lowest BCUT2D eigenvalue weighted by atomic mass is 10.0. The summed E-state index contributed by atoms with van der Waals surface area (Å²) in [4.78, 5) is 0. The summed E-state index contributed by atoms with van der Waals surface area (Å²) in [6.45, 7) is 0. The van der Waals surface area contributed by atoms with E-state index in [0.717, 1.165) is 15.4 Å². The number of hydrogen-bond donors (Lipinski definition) is 0. The highest BCUT2D eigenvalue weighted by Crippen LogP contribution is 2.38. The van der Waals surface area contributed by atoms with Crippen LogP contribution in [0.4, 0.5) is 0 Å². The van der Waals surface area contributed by atoms with Crippen molar-refractivity contribution in [2.24, 2.45) is 0 Å². The molecule has 2 aromatic carbocycles. The first-order valence-corrected chi connectivity index (χ1v) is 7.07. The molecule has 0 nitrogen and oxygen atoms in total. The summed E-state index contributed by atoms with van der Waals surface area (Å²) in [7, 11) is 0. The van der Waals surface area contributed by atoms with Crippen molar-refractivity contribution in [1.82, 2.24) is 0 Å². The molecule has 0 saturated heterocycles. The molecule has 0 spiro atoms. The molecule has 0 bridgehead atoms. The van der Waals surface area contributed by atoms with Crippen molar-refractivity contribution in [2.45, 2.75) is 6.42 Å². The first-order valence-electron chi connectivity index (χ1n) is 5.48. The minimum absolute atomic E-state index is 1.01. The molecule has 0 fully saturated rings. The van der Waals surface area contributed by atoms with E-state index in [0.29, 0.717) is 0 Å². The fraction of sp³-hybridized carbons (Fsp3) is 0.0667. The highest BCUT2D eigenvalue weighted by atomic mass is 79.9. The SMILES string of the molecule is Brc1cccc(Br)c1C1=Cc2ccccc2C1. The minimum Gasteiger partial charge on any atom is -0.0619 e. The van der Waals surface area contributed by atoms with Crippen LogP contribution < -0.4 is 0 Å². The Morgan fingerprint density at radius 2 is 1.53 bits per heavy atom. The van der Waals surface area contributed by atoms with Crippen molar-refractivity contribution < 1.29 is 0 Å². The smallest absolute Gasteiger partial charge is 0.0261 e. The summed E-state index contributed by atoms with van der Waals surface area (Å²) in [5, 5.41) is 0. The van der Waals surface area contributed by atoms with Crippen molar-refractivity contribution in [2.75, 3.05) is 0 Å². The van der Waals surface area contributed by atoms with Crippen LogP contribution in [0.1, 0.15) is 16.7 Å². The van der Waals surface area contributed by atoms with Gasteiger partial charge >= 0.3 is 0 Å². The second-order valence-electron chi connectivity index (χ2n) is 4.14. The van der Waals surface area contributed by atoms with Crippen LogP contribution in [0.15, 0.2) is 51.4 Å². The number of hydrogen-bond acceptors (Lipinski definition) is 0. The molecule has 0 aromatic heterocycles. The van der Waals surface area contributed by atoms with Crippen molar-refractivity contribution >= 4 is 43.5 Å². The lowest BCUT2D eigenvalue weighted by Crippen LogP contribution is -1.88. The maximum absolute atomic E-state index is 3.63. The summed E-state index contributed by atoms with van der Waals surface area (Å²) in [6.07, 6.45) is 3.29. The fourth-order valence-corrected chi connectivity index (χ4v) is 3.75. The van der Waals surface area contributed by atoms with Crippen LogP contribution in [0.5, 0.6) is 0 Å². The molecule has 2 heteroatoms. The van der Waals surface area contributed by atoms with E-state index >= 15 is 0 Å². The van der Waals surface area contributed by atoms with Crippen molar-refractivity contribution in [3.63, 3.8) is 0 Å². The molecule has 0 heterocycles. The maximum Gasteiger partial charge on any atom is 0.0261 e. The first kappa shape index (κ1) is 11.2. The maximum atomic E-state index is 3.63. The Morgan fingerprint density at radius 1 is 0.824 bits per heavy atom. The van der Waals surface area contributed by atoms with Gasteiger partial charge in [-0.2, -0.15) is 0 Å². The summed E-state index contributed by atoms with van der Waals surface area (Å²) >= 11 is 7.26. The van der Waals surface area contributed by atoms with Gasteiger partial charge in [0.05, 0.1) is 0 Å². The minimum atomic E-state index is 1.01. The monoisotopic (exact) mass is 348 g/mol. The Morgan fingerprint density at radius 3 is 2.24 bits per heavy atom. The van der Waals surface area contributed by atoms with Crippen molar-refractivity contribution in [3.05, 3.63) is 68.1 Å². The van der Waals surface area contributed by atoms with E-state index in [9.17, 15) is 0 Å². The zero-order chi connectivity index (χ0) is 11.8. The van der Waals surface area contributed by atoms with Gasteiger partial charge in [-0.1, -0.05) is 68.3 Å². The standard InChI is InChI=1S/C15H10Br2/c16-13-6-3-7-14(17)15(13)12-8-10-4-1-2-5-11(10)9-12/h1-8H,9H2. The predicted octanol–water partition coefficient (Wildman–Crippen LogP) is 5.31. The molecule has 17 heavy (non-hydrogen) atoms. The summed E-state index contributed by atoms with van der Waals surface area (Å²) in [6, 6.07) is 14.8. The molecule has 2 aromatic rings. The molecular weight excluding hydrogens is 340 g/mol. The van der Waals surface area contributed by atoms with Crippen molar-refractivity contribution in [3.8, 4) is 0 Å². The van der Waals surface area contributed by atoms with Crippen LogP contribution in [0.25, 0.3) is 11.6 Å². The lowest BCUT2D eigenvalue weighted by Gasteiger charge is -2.08. The van der Waals surface area contributed by atoms with E-state index in [1.807, 2.05) is 6.07 Å². The molecular formula is C15H10Br2. The van der Waals surface area contributed by atoms with Gasteiger partial charge in [0.25, 0.3) is 0 Å². The highest BCUT2D eigenvalue weighted by Gasteiger charge is 2.17. The number of rotatable bonds is 1. The lowest BCUT2D eigenvalue weighted by molar-refractivity contribution is 1.30. The van der Waals surface area contributed by atoms with Gasteiger partial charge in [-0.05, 0) is 35.3 Å². The van der Waals surface area contributed by atoms with Crippen LogP contribution in [-0.2, 0) is 6.42 Å². The Labute approximate surface area is 118 Å². The average Bonchev–Trinajstić information content (AvgIpc) is 2.71. The third-order valence-corrected chi connectivity index (χ3v) is 4.37. The van der Waals surface area contributed by atoms with E-state index in [1.165, 1.54) is 22.3 Å². The third-order valence-electron chi connectivity index (χ3n) is 3.05. The van der Waals surface area contributed by atoms with E-state index in [2.05, 4.69) is 74.3 Å². The van der Waals surface area contributed by atoms with Gasteiger partial charge in [0, 0.05) is 14.5 Å². The molecule has 1 aliphatic rings. The second-order valence-corrected chi connectivity index (χ2v) is 5.85. The third kappa shape index (κ3) is 2.00. The van der Waals surface area contributed by atoms with E-state index in [4.69, 9.17) is 0 Å². The van der Waals surface area contributed by atoms with Crippen LogP contribution in [0.3, 0.4) is 0 Å². The van der Waals surface area contributed by atoms with Gasteiger partial charge in [-0.15, -0.1) is 0 Å². The molecule has 0 saturated carbocycles. The molecule has 1 aliphatic carbocycles. The fourth-order valence-electron chi connectivity index (χ4n) is 2.25. The topological polar surface area (TPSA) is 0 Å². The Kier molecular flexibility index (Phi) is 2.93. The van der Waals surface area contributed by atoms with Crippen LogP contribution in [0, 0.1) is 0 Å². The Bertz CT molecular complexity index is 592. The van der Waals surface area contributed by atoms with Gasteiger partial charge in [0.1, 0.15) is 0 Å². The Hall–Kier alpha value is -0.860. The van der Waals surface area contributed by atoms with E-state index < -0.39 is 0 Å². The van der Waals surface area contributed by atoms with E-state index in [-0.39, 0.29) is 0 Å². The van der Waals surface area contributed by atoms with E-state index in [1.54, 1.807) is 0 Å². The summed E-state index contributed by atoms with van der Waals surface area (Å²) in [5.41, 5.74) is 5.38. The first-order chi connectivity index (χ1) is 8.25. The Balaban J connectivity index is 2.10. The molecule has 0 aliphatic heterocycles. The molecule has 0 radical (unpaired) electrons. The molecule has 84 valence electrons. The number of fused-ring (bicyclic) bond motifs is 1. The zero-order valence-corrected chi connectivity index (χ0v) is 12.3. The number of allylic oxidation sites excluding steroid dienone is 1.